The van der Waals surface area contributed by atoms with Crippen LogP contribution in [-0.2, 0) is 76.2 Å². The number of carbonyl (C=O) groups is 7. The van der Waals surface area contributed by atoms with Crippen LogP contribution in [0.15, 0.2) is 0 Å². The van der Waals surface area contributed by atoms with Crippen molar-refractivity contribution in [2.75, 3.05) is 26.3 Å². The molecule has 0 amide bonds. The van der Waals surface area contributed by atoms with Crippen LogP contribution in [-0.4, -0.2) is 117 Å². The fourth-order valence-electron chi connectivity index (χ4n) is 14.3. The molecule has 1 heterocycles. The lowest BCUT2D eigenvalue weighted by molar-refractivity contribution is -0.339. The second-order valence-electron chi connectivity index (χ2n) is 21.8. The van der Waals surface area contributed by atoms with Gasteiger partial charge in [0, 0.05) is 59.4 Å². The summed E-state index contributed by atoms with van der Waals surface area (Å²) in [5, 5.41) is 3.34. The first kappa shape index (κ1) is 55.1. The standard InChI is InChI=1S/C51H81NO16/c1-14-60-41(59)20-26-52-25-16-15-21-51(13,68-46-45(66-34(7)58)44(65-33(6)57)43(64-32(5)56)37(67-46)28-61-29(2)53)35-17-23-50(12)42(35)36(62-30(3)54)27-39-48(10)22-19-40(63-31(4)55)47(8,9)38(48)18-24-49(39,50)11/h35-40,42-46,52H,14-28H2,1-13H3/t35?,36?,37-,38?,39?,40+,42+,43-,44+,45?,46-,48+,49-,50-,51?/m1/s1. The van der Waals surface area contributed by atoms with E-state index in [4.69, 9.17) is 42.6 Å². The van der Waals surface area contributed by atoms with Crippen molar-refractivity contribution >= 4 is 41.8 Å². The summed E-state index contributed by atoms with van der Waals surface area (Å²) < 4.78 is 54.3. The van der Waals surface area contributed by atoms with Gasteiger partial charge in [-0.2, -0.15) is 0 Å². The van der Waals surface area contributed by atoms with E-state index >= 15 is 0 Å². The molecule has 0 aromatic heterocycles. The predicted molar refractivity (Wildman–Crippen MR) is 245 cm³/mol. The van der Waals surface area contributed by atoms with Crippen molar-refractivity contribution in [1.29, 1.82) is 0 Å². The van der Waals surface area contributed by atoms with Gasteiger partial charge in [0.25, 0.3) is 0 Å². The molecule has 0 radical (unpaired) electrons. The second kappa shape index (κ2) is 22.1. The van der Waals surface area contributed by atoms with Gasteiger partial charge in [-0.3, -0.25) is 33.6 Å². The highest BCUT2D eigenvalue weighted by Crippen LogP contribution is 2.76. The van der Waals surface area contributed by atoms with E-state index in [2.05, 4.69) is 39.9 Å². The molecule has 386 valence electrons. The lowest BCUT2D eigenvalue weighted by atomic mass is 9.35. The number of esters is 7. The van der Waals surface area contributed by atoms with Gasteiger partial charge < -0.3 is 47.9 Å². The monoisotopic (exact) mass is 964 g/mol. The van der Waals surface area contributed by atoms with E-state index in [0.717, 1.165) is 32.1 Å². The third-order valence-corrected chi connectivity index (χ3v) is 17.1. The lowest BCUT2D eigenvalue weighted by Gasteiger charge is -2.70. The van der Waals surface area contributed by atoms with Gasteiger partial charge in [0.2, 0.25) is 0 Å². The third kappa shape index (κ3) is 11.7. The van der Waals surface area contributed by atoms with Gasteiger partial charge in [0.15, 0.2) is 24.6 Å². The summed E-state index contributed by atoms with van der Waals surface area (Å²) in [5.74, 6) is -3.80. The molecule has 1 aliphatic heterocycles. The normalized spacial score (nSPS) is 36.8. The van der Waals surface area contributed by atoms with Crippen LogP contribution in [0.2, 0.25) is 0 Å². The fraction of sp³-hybridized carbons (Fsp3) is 0.863. The number of fused-ring (bicyclic) bond motifs is 5. The van der Waals surface area contributed by atoms with E-state index in [0.29, 0.717) is 51.8 Å². The summed E-state index contributed by atoms with van der Waals surface area (Å²) in [4.78, 5) is 88.0. The van der Waals surface area contributed by atoms with Crippen molar-refractivity contribution in [1.82, 2.24) is 5.32 Å². The zero-order valence-electron chi connectivity index (χ0n) is 43.0. The molecule has 17 heteroatoms. The Morgan fingerprint density at radius 3 is 1.85 bits per heavy atom. The van der Waals surface area contributed by atoms with Gasteiger partial charge in [0.05, 0.1) is 18.6 Å². The number of rotatable bonds is 19. The minimum absolute atomic E-state index is 0.147. The molecule has 0 aromatic rings. The maximum absolute atomic E-state index is 13.3. The summed E-state index contributed by atoms with van der Waals surface area (Å²) in [7, 11) is 0. The predicted octanol–water partition coefficient (Wildman–Crippen LogP) is 6.72. The molecule has 1 N–H and O–H groups in total. The Morgan fingerprint density at radius 1 is 0.647 bits per heavy atom. The average molecular weight is 964 g/mol. The van der Waals surface area contributed by atoms with Crippen molar-refractivity contribution in [3.63, 3.8) is 0 Å². The van der Waals surface area contributed by atoms with Crippen LogP contribution in [0.25, 0.3) is 0 Å². The van der Waals surface area contributed by atoms with Gasteiger partial charge in [-0.25, -0.2) is 0 Å². The van der Waals surface area contributed by atoms with Crippen LogP contribution in [0.5, 0.6) is 0 Å². The van der Waals surface area contributed by atoms with Gasteiger partial charge in [-0.1, -0.05) is 34.6 Å². The van der Waals surface area contributed by atoms with Crippen LogP contribution < -0.4 is 5.32 Å². The third-order valence-electron chi connectivity index (χ3n) is 17.1. The number of hydrogen-bond acceptors (Lipinski definition) is 17. The van der Waals surface area contributed by atoms with Crippen molar-refractivity contribution < 1.29 is 76.2 Å². The van der Waals surface area contributed by atoms with E-state index in [9.17, 15) is 33.6 Å². The average Bonchev–Trinajstić information content (AvgIpc) is 3.60. The van der Waals surface area contributed by atoms with Gasteiger partial charge in [-0.15, -0.1) is 0 Å². The van der Waals surface area contributed by atoms with E-state index in [-0.39, 0.29) is 75.8 Å². The molecule has 0 spiro atoms. The number of unbranched alkanes of at least 4 members (excludes halogenated alkanes) is 1. The fourth-order valence-corrected chi connectivity index (χ4v) is 14.3. The maximum Gasteiger partial charge on any atom is 0.307 e. The molecule has 17 nitrogen and oxygen atoms in total. The first-order chi connectivity index (χ1) is 31.7. The molecule has 4 saturated carbocycles. The summed E-state index contributed by atoms with van der Waals surface area (Å²) in [6.07, 6.45) is 0.162. The number of nitrogens with one attached hydrogen (secondary N) is 1. The Bertz CT molecular complexity index is 1850. The summed E-state index contributed by atoms with van der Waals surface area (Å²) in [6, 6.07) is 0. The second-order valence-corrected chi connectivity index (χ2v) is 21.8. The van der Waals surface area contributed by atoms with Crippen molar-refractivity contribution in [2.24, 2.45) is 45.3 Å². The smallest absolute Gasteiger partial charge is 0.307 e. The zero-order valence-corrected chi connectivity index (χ0v) is 43.0. The summed E-state index contributed by atoms with van der Waals surface area (Å²) in [6.45, 7) is 24.1. The van der Waals surface area contributed by atoms with E-state index in [1.807, 2.05) is 6.92 Å². The van der Waals surface area contributed by atoms with Gasteiger partial charge in [0.1, 0.15) is 24.9 Å². The Labute approximate surface area is 403 Å². The summed E-state index contributed by atoms with van der Waals surface area (Å²) in [5.41, 5.74) is -2.06. The Balaban J connectivity index is 1.57. The maximum atomic E-state index is 13.3. The number of carbonyl (C=O) groups excluding carboxylic acids is 7. The Hall–Kier alpha value is -3.83. The molecule has 68 heavy (non-hydrogen) atoms. The minimum Gasteiger partial charge on any atom is -0.466 e. The topological polar surface area (TPSA) is 215 Å². The van der Waals surface area contributed by atoms with Crippen LogP contribution in [0, 0.1) is 45.3 Å². The molecule has 1 saturated heterocycles. The largest absolute Gasteiger partial charge is 0.466 e. The Morgan fingerprint density at radius 2 is 1.25 bits per heavy atom. The molecule has 4 aliphatic carbocycles. The van der Waals surface area contributed by atoms with E-state index in [1.165, 1.54) is 41.5 Å². The first-order valence-corrected chi connectivity index (χ1v) is 24.9. The van der Waals surface area contributed by atoms with Crippen LogP contribution >= 0.6 is 0 Å². The SMILES string of the molecule is CCOC(=O)CCNCCCCC(C)(O[C@H]1O[C@H](COC(C)=O)[C@@H](OC(C)=O)[C@H](OC(C)=O)C1OC(C)=O)C1CC[C@]2(C)[C@@H]1C(OC(C)=O)CC1[C@@]3(C)CC[C@H](OC(C)=O)C(C)(C)C3CC[C@]12C. The van der Waals surface area contributed by atoms with Crippen LogP contribution in [0.4, 0.5) is 0 Å². The molecule has 5 aliphatic rings. The highest BCUT2D eigenvalue weighted by atomic mass is 16.7. The molecule has 0 bridgehead atoms. The summed E-state index contributed by atoms with van der Waals surface area (Å²) >= 11 is 0. The molecule has 6 unspecified atom stereocenters. The molecular formula is C51H81NO16. The lowest BCUT2D eigenvalue weighted by Crippen LogP contribution is -2.67. The van der Waals surface area contributed by atoms with Gasteiger partial charge in [-0.05, 0) is 119 Å². The number of hydrogen-bond donors (Lipinski definition) is 1. The van der Waals surface area contributed by atoms with Gasteiger partial charge >= 0.3 is 41.8 Å². The number of ether oxygens (including phenoxy) is 9. The van der Waals surface area contributed by atoms with E-state index in [1.54, 1.807) is 6.92 Å². The van der Waals surface area contributed by atoms with E-state index < -0.39 is 72.9 Å². The van der Waals surface area contributed by atoms with Crippen molar-refractivity contribution in [3.05, 3.63) is 0 Å². The van der Waals surface area contributed by atoms with Crippen LogP contribution in [0.1, 0.15) is 161 Å². The van der Waals surface area contributed by atoms with Crippen LogP contribution in [0.3, 0.4) is 0 Å². The van der Waals surface area contributed by atoms with Crippen molar-refractivity contribution in [3.8, 4) is 0 Å². The molecule has 5 fully saturated rings. The first-order valence-electron chi connectivity index (χ1n) is 24.9. The molecule has 15 atom stereocenters. The Kier molecular flexibility index (Phi) is 17.9. The molecule has 5 rings (SSSR count). The highest BCUT2D eigenvalue weighted by molar-refractivity contribution is 5.70. The highest BCUT2D eigenvalue weighted by Gasteiger charge is 2.73. The zero-order chi connectivity index (χ0) is 50.6. The minimum atomic E-state index is -1.43. The molecule has 0 aromatic carbocycles. The van der Waals surface area contributed by atoms with Crippen molar-refractivity contribution in [2.45, 2.75) is 209 Å². The quantitative estimate of drug-likeness (QED) is 0.0808. The molecular weight excluding hydrogens is 883 g/mol.